The van der Waals surface area contributed by atoms with E-state index < -0.39 is 0 Å². The van der Waals surface area contributed by atoms with Gasteiger partial charge in [-0.2, -0.15) is 0 Å². The molecular weight excluding hydrogens is 361 g/mol. The number of hydrogen-bond acceptors (Lipinski definition) is 5. The molecule has 6 nitrogen and oxygen atoms in total. The van der Waals surface area contributed by atoms with Gasteiger partial charge in [0, 0.05) is 32.7 Å². The second-order valence-electron chi connectivity index (χ2n) is 7.19. The highest BCUT2D eigenvalue weighted by Crippen LogP contribution is 2.32. The maximum Gasteiger partial charge on any atom is 0.231 e. The molecule has 0 bridgehead atoms. The Bertz CT molecular complexity index is 845. The Morgan fingerprint density at radius 2 is 1.93 bits per heavy atom. The smallest absolute Gasteiger partial charge is 0.231 e. The first-order valence-electron chi connectivity index (χ1n) is 9.51. The van der Waals surface area contributed by atoms with Crippen molar-refractivity contribution in [1.29, 1.82) is 0 Å². The second-order valence-corrected chi connectivity index (χ2v) is 7.19. The second kappa shape index (κ2) is 8.58. The number of carbonyl (C=O) groups excluding carboxylic acids is 1. The average Bonchev–Trinajstić information content (AvgIpc) is 3.35. The average molecular weight is 385 g/mol. The van der Waals surface area contributed by atoms with Crippen molar-refractivity contribution in [2.45, 2.75) is 13.1 Å². The van der Waals surface area contributed by atoms with Gasteiger partial charge in [0.1, 0.15) is 5.82 Å². The molecule has 2 heterocycles. The normalized spacial score (nSPS) is 20.3. The van der Waals surface area contributed by atoms with Crippen LogP contribution in [0.5, 0.6) is 11.5 Å². The van der Waals surface area contributed by atoms with E-state index in [2.05, 4.69) is 16.0 Å². The van der Waals surface area contributed by atoms with Crippen molar-refractivity contribution in [3.63, 3.8) is 0 Å². The van der Waals surface area contributed by atoms with E-state index in [1.165, 1.54) is 12.1 Å². The van der Waals surface area contributed by atoms with Crippen LogP contribution >= 0.6 is 0 Å². The van der Waals surface area contributed by atoms with E-state index in [0.717, 1.165) is 35.7 Å². The van der Waals surface area contributed by atoms with Crippen LogP contribution in [0.15, 0.2) is 42.5 Å². The summed E-state index contributed by atoms with van der Waals surface area (Å²) in [5, 5.41) is 9.66. The van der Waals surface area contributed by atoms with E-state index >= 15 is 0 Å². The number of halogens is 1. The Morgan fingerprint density at radius 1 is 1.07 bits per heavy atom. The number of fused-ring (bicyclic) bond motifs is 1. The van der Waals surface area contributed by atoms with Gasteiger partial charge in [-0.15, -0.1) is 0 Å². The van der Waals surface area contributed by atoms with Gasteiger partial charge >= 0.3 is 0 Å². The lowest BCUT2D eigenvalue weighted by molar-refractivity contribution is -0.125. The largest absolute Gasteiger partial charge is 0.454 e. The Balaban J connectivity index is 1.25. The first-order chi connectivity index (χ1) is 13.7. The van der Waals surface area contributed by atoms with Gasteiger partial charge in [-0.25, -0.2) is 4.39 Å². The summed E-state index contributed by atoms with van der Waals surface area (Å²) in [6, 6.07) is 12.2. The van der Waals surface area contributed by atoms with Crippen LogP contribution in [0.3, 0.4) is 0 Å². The molecule has 3 N–H and O–H groups in total. The van der Waals surface area contributed by atoms with E-state index in [1.807, 2.05) is 18.2 Å². The number of amides is 1. The molecule has 2 aromatic rings. The van der Waals surface area contributed by atoms with E-state index in [0.29, 0.717) is 19.6 Å². The van der Waals surface area contributed by atoms with Crippen molar-refractivity contribution in [2.24, 2.45) is 11.8 Å². The molecule has 28 heavy (non-hydrogen) atoms. The molecule has 0 saturated carbocycles. The first kappa shape index (κ1) is 18.7. The number of nitrogens with one attached hydrogen (secondary N) is 3. The maximum atomic E-state index is 13.3. The summed E-state index contributed by atoms with van der Waals surface area (Å²) in [6.07, 6.45) is 0. The summed E-state index contributed by atoms with van der Waals surface area (Å²) in [5.41, 5.74) is 1.87. The minimum Gasteiger partial charge on any atom is -0.454 e. The van der Waals surface area contributed by atoms with Gasteiger partial charge in [-0.05, 0) is 41.3 Å². The number of hydrogen-bond donors (Lipinski definition) is 3. The summed E-state index contributed by atoms with van der Waals surface area (Å²) in [7, 11) is 0. The van der Waals surface area contributed by atoms with Crippen LogP contribution < -0.4 is 25.4 Å². The van der Waals surface area contributed by atoms with Crippen molar-refractivity contribution in [3.05, 3.63) is 59.4 Å². The van der Waals surface area contributed by atoms with E-state index in [1.54, 1.807) is 12.1 Å². The molecular formula is C21H24FN3O3. The van der Waals surface area contributed by atoms with Crippen LogP contribution in [-0.2, 0) is 17.9 Å². The minimum absolute atomic E-state index is 0.00383. The predicted octanol–water partition coefficient (Wildman–Crippen LogP) is 1.80. The monoisotopic (exact) mass is 385 g/mol. The van der Waals surface area contributed by atoms with Crippen LogP contribution in [0.4, 0.5) is 4.39 Å². The van der Waals surface area contributed by atoms with Crippen LogP contribution in [-0.4, -0.2) is 32.3 Å². The van der Waals surface area contributed by atoms with Crippen LogP contribution in [0, 0.1) is 17.7 Å². The highest BCUT2D eigenvalue weighted by atomic mass is 19.1. The highest BCUT2D eigenvalue weighted by Gasteiger charge is 2.32. The molecule has 1 fully saturated rings. The fourth-order valence-electron chi connectivity index (χ4n) is 3.67. The maximum absolute atomic E-state index is 13.3. The SMILES string of the molecule is O=C(NCc1cccc(F)c1)[C@H]1CNCC1CNCc1ccc2c(c1)OCO2. The molecule has 0 aliphatic carbocycles. The van der Waals surface area contributed by atoms with Gasteiger partial charge in [0.2, 0.25) is 12.7 Å². The molecule has 1 unspecified atom stereocenters. The quantitative estimate of drug-likeness (QED) is 0.678. The van der Waals surface area contributed by atoms with Crippen LogP contribution in [0.25, 0.3) is 0 Å². The van der Waals surface area contributed by atoms with Crippen LogP contribution in [0.2, 0.25) is 0 Å². The van der Waals surface area contributed by atoms with Gasteiger partial charge in [-0.1, -0.05) is 18.2 Å². The third-order valence-electron chi connectivity index (χ3n) is 5.20. The lowest BCUT2D eigenvalue weighted by Crippen LogP contribution is -2.38. The fourth-order valence-corrected chi connectivity index (χ4v) is 3.67. The zero-order valence-electron chi connectivity index (χ0n) is 15.5. The van der Waals surface area contributed by atoms with E-state index in [4.69, 9.17) is 9.47 Å². The van der Waals surface area contributed by atoms with Gasteiger partial charge < -0.3 is 25.4 Å². The van der Waals surface area contributed by atoms with Crippen molar-refractivity contribution in [2.75, 3.05) is 26.4 Å². The summed E-state index contributed by atoms with van der Waals surface area (Å²) >= 11 is 0. The molecule has 0 aromatic heterocycles. The minimum atomic E-state index is -0.292. The zero-order chi connectivity index (χ0) is 19.3. The van der Waals surface area contributed by atoms with E-state index in [9.17, 15) is 9.18 Å². The predicted molar refractivity (Wildman–Crippen MR) is 102 cm³/mol. The Labute approximate surface area is 163 Å². The summed E-state index contributed by atoms with van der Waals surface area (Å²) in [6.45, 7) is 3.50. The summed E-state index contributed by atoms with van der Waals surface area (Å²) in [4.78, 5) is 12.6. The molecule has 0 spiro atoms. The molecule has 2 aromatic carbocycles. The van der Waals surface area contributed by atoms with Gasteiger partial charge in [0.05, 0.1) is 5.92 Å². The van der Waals surface area contributed by atoms with Crippen molar-refractivity contribution >= 4 is 5.91 Å². The zero-order valence-corrected chi connectivity index (χ0v) is 15.5. The molecule has 1 amide bonds. The van der Waals surface area contributed by atoms with Gasteiger partial charge in [0.15, 0.2) is 11.5 Å². The third-order valence-corrected chi connectivity index (χ3v) is 5.20. The molecule has 7 heteroatoms. The lowest BCUT2D eigenvalue weighted by Gasteiger charge is -2.19. The number of ether oxygens (including phenoxy) is 2. The molecule has 148 valence electrons. The van der Waals surface area contributed by atoms with Gasteiger partial charge in [-0.3, -0.25) is 4.79 Å². The lowest BCUT2D eigenvalue weighted by atomic mass is 9.95. The molecule has 2 aliphatic heterocycles. The number of carbonyl (C=O) groups is 1. The van der Waals surface area contributed by atoms with Crippen molar-refractivity contribution in [1.82, 2.24) is 16.0 Å². The van der Waals surface area contributed by atoms with Crippen molar-refractivity contribution < 1.29 is 18.7 Å². The first-order valence-corrected chi connectivity index (χ1v) is 9.51. The molecule has 2 atom stereocenters. The number of rotatable bonds is 7. The van der Waals surface area contributed by atoms with Gasteiger partial charge in [0.25, 0.3) is 0 Å². The summed E-state index contributed by atoms with van der Waals surface area (Å²) < 4.78 is 24.0. The van der Waals surface area contributed by atoms with Crippen molar-refractivity contribution in [3.8, 4) is 11.5 Å². The van der Waals surface area contributed by atoms with Crippen LogP contribution in [0.1, 0.15) is 11.1 Å². The fraction of sp³-hybridized carbons (Fsp3) is 0.381. The Morgan fingerprint density at radius 3 is 2.82 bits per heavy atom. The standard InChI is InChI=1S/C21H24FN3O3/c22-17-3-1-2-14(6-17)9-25-21(26)18-12-24-11-16(18)10-23-8-15-4-5-19-20(7-15)28-13-27-19/h1-7,16,18,23-24H,8-13H2,(H,25,26)/t16?,18-/m0/s1. The molecule has 1 saturated heterocycles. The Hall–Kier alpha value is -2.64. The third kappa shape index (κ3) is 4.43. The Kier molecular flexibility index (Phi) is 5.73. The van der Waals surface area contributed by atoms with E-state index in [-0.39, 0.29) is 30.4 Å². The molecule has 4 rings (SSSR count). The topological polar surface area (TPSA) is 71.6 Å². The highest BCUT2D eigenvalue weighted by molar-refractivity contribution is 5.79. The molecule has 0 radical (unpaired) electrons. The molecule has 2 aliphatic rings. The number of benzene rings is 2. The summed E-state index contributed by atoms with van der Waals surface area (Å²) in [5.74, 6) is 1.37.